The number of hydrogen-bond donors (Lipinski definition) is 1. The normalized spacial score (nSPS) is 24.4. The molecule has 0 aromatic carbocycles. The highest BCUT2D eigenvalue weighted by atomic mass is 35.5. The summed E-state index contributed by atoms with van der Waals surface area (Å²) in [6.45, 7) is 1.40. The van der Waals surface area contributed by atoms with E-state index in [4.69, 9.17) is 11.6 Å². The maximum absolute atomic E-state index is 11.5. The van der Waals surface area contributed by atoms with Crippen molar-refractivity contribution >= 4 is 40.2 Å². The van der Waals surface area contributed by atoms with Gasteiger partial charge in [-0.2, -0.15) is 0 Å². The van der Waals surface area contributed by atoms with Gasteiger partial charge in [0.15, 0.2) is 10.8 Å². The van der Waals surface area contributed by atoms with Crippen molar-refractivity contribution in [1.29, 1.82) is 0 Å². The molecule has 0 saturated carbocycles. The zero-order valence-corrected chi connectivity index (χ0v) is 10.3. The van der Waals surface area contributed by atoms with E-state index in [1.165, 1.54) is 18.7 Å². The number of aromatic nitrogens is 2. The van der Waals surface area contributed by atoms with Crippen molar-refractivity contribution in [3.63, 3.8) is 0 Å². The predicted octanol–water partition coefficient (Wildman–Crippen LogP) is 1.69. The van der Waals surface area contributed by atoms with Crippen molar-refractivity contribution in [2.75, 3.05) is 6.26 Å². The largest absolute Gasteiger partial charge is 0.376 e. The van der Waals surface area contributed by atoms with E-state index >= 15 is 0 Å². The zero-order valence-electron chi connectivity index (χ0n) is 7.94. The Morgan fingerprint density at radius 1 is 1.53 bits per heavy atom. The Labute approximate surface area is 99.8 Å². The minimum Gasteiger partial charge on any atom is -0.376 e. The second-order valence-electron chi connectivity index (χ2n) is 3.14. The van der Waals surface area contributed by atoms with Gasteiger partial charge in [0.05, 0.1) is 5.56 Å². The summed E-state index contributed by atoms with van der Waals surface area (Å²) >= 11 is 8.15. The van der Waals surface area contributed by atoms with Gasteiger partial charge < -0.3 is 5.11 Å². The maximum atomic E-state index is 11.5. The highest BCUT2D eigenvalue weighted by Crippen LogP contribution is 2.45. The molecule has 0 spiro atoms. The van der Waals surface area contributed by atoms with Gasteiger partial charge in [0.25, 0.3) is 0 Å². The van der Waals surface area contributed by atoms with E-state index in [1.807, 2.05) is 6.26 Å². The van der Waals surface area contributed by atoms with E-state index in [2.05, 4.69) is 9.97 Å². The summed E-state index contributed by atoms with van der Waals surface area (Å²) < 4.78 is 0. The van der Waals surface area contributed by atoms with Crippen LogP contribution in [0.5, 0.6) is 0 Å². The van der Waals surface area contributed by atoms with E-state index in [1.54, 1.807) is 0 Å². The van der Waals surface area contributed by atoms with Crippen LogP contribution in [-0.4, -0.2) is 26.4 Å². The molecule has 80 valence electrons. The van der Waals surface area contributed by atoms with E-state index in [0.717, 1.165) is 11.8 Å². The molecule has 0 radical (unpaired) electrons. The fourth-order valence-electron chi connectivity index (χ4n) is 1.26. The number of rotatable bonds is 1. The second kappa shape index (κ2) is 3.62. The van der Waals surface area contributed by atoms with Gasteiger partial charge in [-0.15, -0.1) is 0 Å². The Bertz CT molecular complexity index is 451. The molecule has 0 fully saturated rings. The molecule has 0 bridgehead atoms. The van der Waals surface area contributed by atoms with E-state index < -0.39 is 5.60 Å². The van der Waals surface area contributed by atoms with Gasteiger partial charge in [0.1, 0.15) is 10.2 Å². The van der Waals surface area contributed by atoms with Crippen LogP contribution in [-0.2, 0) is 10.4 Å². The van der Waals surface area contributed by atoms with E-state index in [0.29, 0.717) is 15.7 Å². The van der Waals surface area contributed by atoms with Crippen molar-refractivity contribution in [2.45, 2.75) is 22.7 Å². The van der Waals surface area contributed by atoms with Gasteiger partial charge in [-0.25, -0.2) is 9.97 Å². The standard InChI is InChI=1S/C8H7ClN2O2S2/c1-8(13)3-4(9)10-7(14-2)11-5(3)15-6(8)12/h13H,1-2H3. The molecule has 1 aromatic heterocycles. The first kappa shape index (κ1) is 11.2. The Hall–Kier alpha value is -0.300. The van der Waals surface area contributed by atoms with Gasteiger partial charge in [-0.1, -0.05) is 23.4 Å². The van der Waals surface area contributed by atoms with Crippen molar-refractivity contribution in [3.05, 3.63) is 10.7 Å². The average molecular weight is 263 g/mol. The molecule has 2 rings (SSSR count). The molecule has 0 saturated heterocycles. The summed E-state index contributed by atoms with van der Waals surface area (Å²) in [5.41, 5.74) is -1.26. The first-order valence-electron chi connectivity index (χ1n) is 4.03. The van der Waals surface area contributed by atoms with Gasteiger partial charge in [-0.05, 0) is 24.9 Å². The third kappa shape index (κ3) is 1.65. The molecular weight excluding hydrogens is 256 g/mol. The topological polar surface area (TPSA) is 63.1 Å². The minimum absolute atomic E-state index is 0.146. The van der Waals surface area contributed by atoms with Crippen LogP contribution < -0.4 is 0 Å². The summed E-state index contributed by atoms with van der Waals surface area (Å²) in [4.78, 5) is 19.6. The van der Waals surface area contributed by atoms with Crippen LogP contribution in [0.25, 0.3) is 0 Å². The lowest BCUT2D eigenvalue weighted by Gasteiger charge is -2.14. The molecule has 0 aliphatic carbocycles. The van der Waals surface area contributed by atoms with Crippen LogP contribution in [0.1, 0.15) is 12.5 Å². The smallest absolute Gasteiger partial charge is 0.231 e. The summed E-state index contributed by atoms with van der Waals surface area (Å²) in [5.74, 6) is 0. The van der Waals surface area contributed by atoms with Crippen LogP contribution in [0.15, 0.2) is 10.2 Å². The van der Waals surface area contributed by atoms with Crippen molar-refractivity contribution in [3.8, 4) is 0 Å². The summed E-state index contributed by atoms with van der Waals surface area (Å²) in [6, 6.07) is 0. The Morgan fingerprint density at radius 3 is 2.80 bits per heavy atom. The first-order valence-corrected chi connectivity index (χ1v) is 6.45. The summed E-state index contributed by atoms with van der Waals surface area (Å²) in [5, 5.41) is 10.6. The highest BCUT2D eigenvalue weighted by Gasteiger charge is 2.45. The Balaban J connectivity index is 2.65. The molecule has 2 heterocycles. The molecule has 7 heteroatoms. The fraction of sp³-hybridized carbons (Fsp3) is 0.375. The van der Waals surface area contributed by atoms with Crippen molar-refractivity contribution in [2.24, 2.45) is 0 Å². The van der Waals surface area contributed by atoms with Crippen LogP contribution in [0.2, 0.25) is 5.15 Å². The molecule has 1 aromatic rings. The molecule has 4 nitrogen and oxygen atoms in total. The SMILES string of the molecule is CSc1nc(Cl)c2c(n1)SC(=O)C2(C)O. The number of fused-ring (bicyclic) bond motifs is 1. The third-order valence-electron chi connectivity index (χ3n) is 2.07. The lowest BCUT2D eigenvalue weighted by atomic mass is 10.0. The first-order chi connectivity index (χ1) is 6.96. The Morgan fingerprint density at radius 2 is 2.20 bits per heavy atom. The molecule has 1 aliphatic rings. The lowest BCUT2D eigenvalue weighted by molar-refractivity contribution is -0.126. The molecule has 15 heavy (non-hydrogen) atoms. The highest BCUT2D eigenvalue weighted by molar-refractivity contribution is 8.14. The monoisotopic (exact) mass is 262 g/mol. The number of halogens is 1. The minimum atomic E-state index is -1.58. The number of hydrogen-bond acceptors (Lipinski definition) is 6. The second-order valence-corrected chi connectivity index (χ2v) is 5.24. The van der Waals surface area contributed by atoms with Crippen molar-refractivity contribution in [1.82, 2.24) is 9.97 Å². The van der Waals surface area contributed by atoms with Crippen LogP contribution in [0.3, 0.4) is 0 Å². The van der Waals surface area contributed by atoms with Crippen molar-refractivity contribution < 1.29 is 9.90 Å². The van der Waals surface area contributed by atoms with Crippen LogP contribution in [0.4, 0.5) is 0 Å². The van der Waals surface area contributed by atoms with Gasteiger partial charge >= 0.3 is 0 Å². The molecule has 1 aliphatic heterocycles. The Kier molecular flexibility index (Phi) is 2.70. The molecular formula is C8H7ClN2O2S2. The predicted molar refractivity (Wildman–Crippen MR) is 59.3 cm³/mol. The number of aliphatic hydroxyl groups is 1. The zero-order chi connectivity index (χ0) is 11.2. The number of thioether (sulfide) groups is 2. The summed E-state index contributed by atoms with van der Waals surface area (Å²) in [6.07, 6.45) is 1.82. The van der Waals surface area contributed by atoms with Crippen LogP contribution >= 0.6 is 35.1 Å². The summed E-state index contributed by atoms with van der Waals surface area (Å²) in [7, 11) is 0. The number of carbonyl (C=O) groups is 1. The lowest BCUT2D eigenvalue weighted by Crippen LogP contribution is -2.26. The maximum Gasteiger partial charge on any atom is 0.231 e. The molecule has 1 unspecified atom stereocenters. The fourth-order valence-corrected chi connectivity index (χ4v) is 3.15. The average Bonchev–Trinajstić information content (AvgIpc) is 2.37. The van der Waals surface area contributed by atoms with Gasteiger partial charge in [-0.3, -0.25) is 4.79 Å². The number of carbonyl (C=O) groups excluding carboxylic acids is 1. The molecule has 0 amide bonds. The third-order valence-corrected chi connectivity index (χ3v) is 3.96. The number of nitrogens with zero attached hydrogens (tertiary/aromatic N) is 2. The van der Waals surface area contributed by atoms with Crippen LogP contribution in [0, 0.1) is 0 Å². The molecule has 1 N–H and O–H groups in total. The van der Waals surface area contributed by atoms with Gasteiger partial charge in [0, 0.05) is 0 Å². The van der Waals surface area contributed by atoms with Gasteiger partial charge in [0.2, 0.25) is 5.12 Å². The quantitative estimate of drug-likeness (QED) is 0.472. The van der Waals surface area contributed by atoms with E-state index in [-0.39, 0.29) is 10.3 Å². The molecule has 1 atom stereocenters. The van der Waals surface area contributed by atoms with E-state index in [9.17, 15) is 9.90 Å².